The van der Waals surface area contributed by atoms with Crippen LogP contribution < -0.4 is 5.32 Å². The molecular weight excluding hydrogens is 212 g/mol. The first-order valence-corrected chi connectivity index (χ1v) is 5.65. The fourth-order valence-electron chi connectivity index (χ4n) is 1.03. The van der Waals surface area contributed by atoms with Gasteiger partial charge in [-0.2, -0.15) is 0 Å². The lowest BCUT2D eigenvalue weighted by Crippen LogP contribution is -2.38. The Morgan fingerprint density at radius 3 is 2.80 bits per heavy atom. The molecule has 84 valence electrons. The second kappa shape index (κ2) is 4.72. The Hall–Kier alpha value is -0.940. The Balaban J connectivity index is 2.37. The van der Waals surface area contributed by atoms with E-state index in [1.165, 1.54) is 11.3 Å². The van der Waals surface area contributed by atoms with Gasteiger partial charge in [-0.25, -0.2) is 4.98 Å². The van der Waals surface area contributed by atoms with Gasteiger partial charge in [0.1, 0.15) is 0 Å². The van der Waals surface area contributed by atoms with Gasteiger partial charge in [-0.05, 0) is 20.8 Å². The summed E-state index contributed by atoms with van der Waals surface area (Å²) in [5.74, 6) is -0.109. The first kappa shape index (κ1) is 12.1. The lowest BCUT2D eigenvalue weighted by Gasteiger charge is -2.17. The third kappa shape index (κ3) is 4.90. The van der Waals surface area contributed by atoms with Crippen molar-refractivity contribution >= 4 is 17.2 Å². The number of aliphatic hydroxyl groups is 1. The fourth-order valence-corrected chi connectivity index (χ4v) is 1.64. The molecule has 0 spiro atoms. The molecule has 0 fully saturated rings. The van der Waals surface area contributed by atoms with Crippen molar-refractivity contribution < 1.29 is 9.90 Å². The van der Waals surface area contributed by atoms with Gasteiger partial charge in [0, 0.05) is 11.9 Å². The van der Waals surface area contributed by atoms with Gasteiger partial charge in [0.2, 0.25) is 5.91 Å². The van der Waals surface area contributed by atoms with Crippen LogP contribution in [0.2, 0.25) is 0 Å². The summed E-state index contributed by atoms with van der Waals surface area (Å²) in [5, 5.41) is 14.9. The van der Waals surface area contributed by atoms with E-state index in [1.54, 1.807) is 13.8 Å². The summed E-state index contributed by atoms with van der Waals surface area (Å²) in [7, 11) is 0. The molecule has 5 heteroatoms. The molecule has 0 atom stereocenters. The number of rotatable bonds is 4. The van der Waals surface area contributed by atoms with Gasteiger partial charge in [-0.15, -0.1) is 11.3 Å². The standard InChI is InChI=1S/C10H16N2O2S/c1-7-12-8(5-15-7)4-9(13)11-6-10(2,3)14/h5,14H,4,6H2,1-3H3,(H,11,13). The molecular formula is C10H16N2O2S. The minimum atomic E-state index is -0.867. The third-order valence-electron chi connectivity index (χ3n) is 1.73. The highest BCUT2D eigenvalue weighted by Crippen LogP contribution is 2.08. The predicted molar refractivity (Wildman–Crippen MR) is 59.9 cm³/mol. The highest BCUT2D eigenvalue weighted by Gasteiger charge is 2.14. The minimum absolute atomic E-state index is 0.109. The van der Waals surface area contributed by atoms with Gasteiger partial charge in [-0.3, -0.25) is 4.79 Å². The number of thiazole rings is 1. The maximum atomic E-state index is 11.4. The van der Waals surface area contributed by atoms with Crippen LogP contribution in [0.5, 0.6) is 0 Å². The molecule has 0 aliphatic rings. The maximum absolute atomic E-state index is 11.4. The normalized spacial score (nSPS) is 11.5. The Kier molecular flexibility index (Phi) is 3.82. The predicted octanol–water partition coefficient (Wildman–Crippen LogP) is 0.881. The van der Waals surface area contributed by atoms with Crippen molar-refractivity contribution in [2.75, 3.05) is 6.54 Å². The van der Waals surface area contributed by atoms with Crippen LogP contribution in [0, 0.1) is 6.92 Å². The van der Waals surface area contributed by atoms with E-state index >= 15 is 0 Å². The summed E-state index contributed by atoms with van der Waals surface area (Å²) >= 11 is 1.53. The average Bonchev–Trinajstić information content (AvgIpc) is 2.47. The second-order valence-electron chi connectivity index (χ2n) is 4.12. The number of hydrogen-bond donors (Lipinski definition) is 2. The summed E-state index contributed by atoms with van der Waals surface area (Å²) in [6.45, 7) is 5.47. The quantitative estimate of drug-likeness (QED) is 0.804. The van der Waals surface area contributed by atoms with Crippen molar-refractivity contribution in [2.45, 2.75) is 32.8 Å². The largest absolute Gasteiger partial charge is 0.389 e. The average molecular weight is 228 g/mol. The SMILES string of the molecule is Cc1nc(CC(=O)NCC(C)(C)O)cs1. The molecule has 15 heavy (non-hydrogen) atoms. The zero-order valence-electron chi connectivity index (χ0n) is 9.20. The highest BCUT2D eigenvalue weighted by atomic mass is 32.1. The van der Waals surface area contributed by atoms with E-state index in [0.717, 1.165) is 10.7 Å². The zero-order valence-corrected chi connectivity index (χ0v) is 10.0. The molecule has 0 aliphatic heterocycles. The summed E-state index contributed by atoms with van der Waals surface area (Å²) in [4.78, 5) is 15.6. The summed E-state index contributed by atoms with van der Waals surface area (Å²) in [6, 6.07) is 0. The number of amides is 1. The topological polar surface area (TPSA) is 62.2 Å². The van der Waals surface area contributed by atoms with Gasteiger partial charge in [0.05, 0.1) is 22.7 Å². The molecule has 1 rings (SSSR count). The number of nitrogens with one attached hydrogen (secondary N) is 1. The van der Waals surface area contributed by atoms with E-state index < -0.39 is 5.60 Å². The number of nitrogens with zero attached hydrogens (tertiary/aromatic N) is 1. The van der Waals surface area contributed by atoms with Gasteiger partial charge < -0.3 is 10.4 Å². The second-order valence-corrected chi connectivity index (χ2v) is 5.19. The molecule has 1 aromatic heterocycles. The van der Waals surface area contributed by atoms with E-state index in [2.05, 4.69) is 10.3 Å². The molecule has 0 radical (unpaired) electrons. The van der Waals surface area contributed by atoms with Crippen molar-refractivity contribution in [1.82, 2.24) is 10.3 Å². The maximum Gasteiger partial charge on any atom is 0.226 e. The Morgan fingerprint density at radius 2 is 2.33 bits per heavy atom. The van der Waals surface area contributed by atoms with E-state index in [1.807, 2.05) is 12.3 Å². The van der Waals surface area contributed by atoms with E-state index in [0.29, 0.717) is 0 Å². The molecule has 4 nitrogen and oxygen atoms in total. The van der Waals surface area contributed by atoms with Gasteiger partial charge in [0.25, 0.3) is 0 Å². The minimum Gasteiger partial charge on any atom is -0.389 e. The number of hydrogen-bond acceptors (Lipinski definition) is 4. The molecule has 0 saturated heterocycles. The summed E-state index contributed by atoms with van der Waals surface area (Å²) in [6.07, 6.45) is 0.278. The Labute approximate surface area is 93.4 Å². The monoisotopic (exact) mass is 228 g/mol. The number of aromatic nitrogens is 1. The fraction of sp³-hybridized carbons (Fsp3) is 0.600. The van der Waals surface area contributed by atoms with Crippen molar-refractivity contribution in [3.8, 4) is 0 Å². The lowest BCUT2D eigenvalue weighted by atomic mass is 10.1. The van der Waals surface area contributed by atoms with E-state index in [4.69, 9.17) is 0 Å². The van der Waals surface area contributed by atoms with Crippen molar-refractivity contribution in [3.63, 3.8) is 0 Å². The highest BCUT2D eigenvalue weighted by molar-refractivity contribution is 7.09. The van der Waals surface area contributed by atoms with Crippen molar-refractivity contribution in [1.29, 1.82) is 0 Å². The Morgan fingerprint density at radius 1 is 1.67 bits per heavy atom. The molecule has 1 aromatic rings. The van der Waals surface area contributed by atoms with Crippen LogP contribution in [0.25, 0.3) is 0 Å². The number of carbonyl (C=O) groups is 1. The van der Waals surface area contributed by atoms with Gasteiger partial charge in [-0.1, -0.05) is 0 Å². The smallest absolute Gasteiger partial charge is 0.226 e. The van der Waals surface area contributed by atoms with Gasteiger partial charge in [0.15, 0.2) is 0 Å². The molecule has 0 unspecified atom stereocenters. The summed E-state index contributed by atoms with van der Waals surface area (Å²) < 4.78 is 0. The van der Waals surface area contributed by atoms with Crippen LogP contribution in [-0.2, 0) is 11.2 Å². The van der Waals surface area contributed by atoms with E-state index in [9.17, 15) is 9.90 Å². The van der Waals surface area contributed by atoms with E-state index in [-0.39, 0.29) is 18.9 Å². The van der Waals surface area contributed by atoms with Crippen LogP contribution in [0.15, 0.2) is 5.38 Å². The molecule has 0 bridgehead atoms. The van der Waals surface area contributed by atoms with Crippen LogP contribution in [0.3, 0.4) is 0 Å². The molecule has 0 aliphatic carbocycles. The molecule has 0 aromatic carbocycles. The summed E-state index contributed by atoms with van der Waals surface area (Å²) in [5.41, 5.74) is -0.0843. The number of aryl methyl sites for hydroxylation is 1. The zero-order chi connectivity index (χ0) is 11.5. The Bertz CT molecular complexity index is 341. The van der Waals surface area contributed by atoms with Crippen LogP contribution in [-0.4, -0.2) is 28.1 Å². The molecule has 1 heterocycles. The third-order valence-corrected chi connectivity index (χ3v) is 2.55. The first-order valence-electron chi connectivity index (χ1n) is 4.77. The molecule has 2 N–H and O–H groups in total. The van der Waals surface area contributed by atoms with Crippen LogP contribution >= 0.6 is 11.3 Å². The van der Waals surface area contributed by atoms with Crippen molar-refractivity contribution in [2.24, 2.45) is 0 Å². The van der Waals surface area contributed by atoms with Gasteiger partial charge >= 0.3 is 0 Å². The number of carbonyl (C=O) groups excluding carboxylic acids is 1. The lowest BCUT2D eigenvalue weighted by molar-refractivity contribution is -0.121. The van der Waals surface area contributed by atoms with Crippen LogP contribution in [0.1, 0.15) is 24.5 Å². The van der Waals surface area contributed by atoms with Crippen LogP contribution in [0.4, 0.5) is 0 Å². The van der Waals surface area contributed by atoms with Crippen molar-refractivity contribution in [3.05, 3.63) is 16.1 Å². The molecule has 1 amide bonds. The first-order chi connectivity index (χ1) is 6.87. The molecule has 0 saturated carbocycles.